The lowest BCUT2D eigenvalue weighted by Crippen LogP contribution is -2.30. The Morgan fingerprint density at radius 1 is 1.42 bits per heavy atom. The molecule has 6 heteroatoms. The van der Waals surface area contributed by atoms with E-state index < -0.39 is 24.2 Å². The highest BCUT2D eigenvalue weighted by molar-refractivity contribution is 5.82. The van der Waals surface area contributed by atoms with E-state index in [0.29, 0.717) is 5.56 Å². The number of carboxylic acid groups (broad SMARTS) is 1. The van der Waals surface area contributed by atoms with Crippen molar-refractivity contribution in [2.24, 2.45) is 0 Å². The fourth-order valence-electron chi connectivity index (χ4n) is 1.43. The zero-order valence-electron chi connectivity index (χ0n) is 10.8. The van der Waals surface area contributed by atoms with Gasteiger partial charge < -0.3 is 15.2 Å². The standard InChI is InChI=1S/C13H16FNO4/c1-8(2)19-11-4-3-9(5-10(11)14)6-12(16)15-7-13(17)18/h3-5,8H,6-7H2,1-2H3,(H,15,16)(H,17,18). The highest BCUT2D eigenvalue weighted by atomic mass is 19.1. The van der Waals surface area contributed by atoms with E-state index in [1.165, 1.54) is 12.1 Å². The van der Waals surface area contributed by atoms with E-state index in [2.05, 4.69) is 5.32 Å². The number of carbonyl (C=O) groups excluding carboxylic acids is 1. The number of aliphatic carboxylic acids is 1. The second kappa shape index (κ2) is 6.72. The predicted molar refractivity (Wildman–Crippen MR) is 66.5 cm³/mol. The Balaban J connectivity index is 2.63. The molecule has 0 heterocycles. The van der Waals surface area contributed by atoms with Crippen LogP contribution in [-0.4, -0.2) is 29.6 Å². The van der Waals surface area contributed by atoms with Gasteiger partial charge in [0.15, 0.2) is 11.6 Å². The molecule has 1 rings (SSSR count). The van der Waals surface area contributed by atoms with Gasteiger partial charge in [0.1, 0.15) is 6.54 Å². The summed E-state index contributed by atoms with van der Waals surface area (Å²) in [4.78, 5) is 21.6. The molecule has 2 N–H and O–H groups in total. The molecule has 0 aliphatic rings. The van der Waals surface area contributed by atoms with Crippen molar-refractivity contribution in [1.82, 2.24) is 5.32 Å². The zero-order chi connectivity index (χ0) is 14.4. The fourth-order valence-corrected chi connectivity index (χ4v) is 1.43. The topological polar surface area (TPSA) is 75.6 Å². The van der Waals surface area contributed by atoms with Crippen molar-refractivity contribution in [3.8, 4) is 5.75 Å². The summed E-state index contributed by atoms with van der Waals surface area (Å²) in [5.74, 6) is -2.01. The van der Waals surface area contributed by atoms with E-state index in [1.807, 2.05) is 0 Å². The molecule has 0 saturated heterocycles. The van der Waals surface area contributed by atoms with Crippen LogP contribution in [0.4, 0.5) is 4.39 Å². The zero-order valence-corrected chi connectivity index (χ0v) is 10.8. The minimum atomic E-state index is -1.12. The van der Waals surface area contributed by atoms with Crippen LogP contribution in [0.25, 0.3) is 0 Å². The van der Waals surface area contributed by atoms with Crippen LogP contribution in [0.15, 0.2) is 18.2 Å². The van der Waals surface area contributed by atoms with E-state index in [0.717, 1.165) is 0 Å². The molecule has 0 aromatic heterocycles. The summed E-state index contributed by atoms with van der Waals surface area (Å²) in [6.07, 6.45) is -0.217. The predicted octanol–water partition coefficient (Wildman–Crippen LogP) is 1.36. The number of carboxylic acids is 1. The normalized spacial score (nSPS) is 10.3. The number of halogens is 1. The third-order valence-corrected chi connectivity index (χ3v) is 2.16. The lowest BCUT2D eigenvalue weighted by molar-refractivity contribution is -0.137. The van der Waals surface area contributed by atoms with Crippen LogP contribution >= 0.6 is 0 Å². The number of benzene rings is 1. The summed E-state index contributed by atoms with van der Waals surface area (Å²) in [6.45, 7) is 3.12. The largest absolute Gasteiger partial charge is 0.488 e. The Morgan fingerprint density at radius 2 is 2.11 bits per heavy atom. The quantitative estimate of drug-likeness (QED) is 0.817. The number of nitrogens with one attached hydrogen (secondary N) is 1. The number of amides is 1. The van der Waals surface area contributed by atoms with Crippen molar-refractivity contribution in [3.05, 3.63) is 29.6 Å². The monoisotopic (exact) mass is 269 g/mol. The van der Waals surface area contributed by atoms with Crippen LogP contribution < -0.4 is 10.1 Å². The maximum atomic E-state index is 13.6. The minimum absolute atomic E-state index is 0.0772. The van der Waals surface area contributed by atoms with Gasteiger partial charge in [-0.3, -0.25) is 9.59 Å². The molecule has 0 aliphatic carbocycles. The van der Waals surface area contributed by atoms with E-state index >= 15 is 0 Å². The Morgan fingerprint density at radius 3 is 2.63 bits per heavy atom. The molecule has 1 aromatic carbocycles. The van der Waals surface area contributed by atoms with Gasteiger partial charge in [-0.1, -0.05) is 6.07 Å². The summed E-state index contributed by atoms with van der Waals surface area (Å²) in [6, 6.07) is 4.23. The van der Waals surface area contributed by atoms with Gasteiger partial charge in [-0.25, -0.2) is 4.39 Å². The highest BCUT2D eigenvalue weighted by Gasteiger charge is 2.10. The second-order valence-corrected chi connectivity index (χ2v) is 4.28. The molecule has 0 aliphatic heterocycles. The third kappa shape index (κ3) is 5.37. The Bertz CT molecular complexity index is 474. The minimum Gasteiger partial charge on any atom is -0.488 e. The van der Waals surface area contributed by atoms with Gasteiger partial charge in [0.2, 0.25) is 5.91 Å². The number of hydrogen-bond donors (Lipinski definition) is 2. The maximum Gasteiger partial charge on any atom is 0.322 e. The van der Waals surface area contributed by atoms with Crippen molar-refractivity contribution in [3.63, 3.8) is 0 Å². The van der Waals surface area contributed by atoms with E-state index in [-0.39, 0.29) is 18.3 Å². The molecule has 0 atom stereocenters. The molecule has 104 valence electrons. The summed E-state index contributed by atoms with van der Waals surface area (Å²) in [7, 11) is 0. The van der Waals surface area contributed by atoms with Gasteiger partial charge in [-0.15, -0.1) is 0 Å². The van der Waals surface area contributed by atoms with Gasteiger partial charge in [-0.05, 0) is 31.5 Å². The third-order valence-electron chi connectivity index (χ3n) is 2.16. The van der Waals surface area contributed by atoms with Crippen LogP contribution in [-0.2, 0) is 16.0 Å². The van der Waals surface area contributed by atoms with Crippen molar-refractivity contribution >= 4 is 11.9 Å². The van der Waals surface area contributed by atoms with Crippen LogP contribution in [0.2, 0.25) is 0 Å². The van der Waals surface area contributed by atoms with E-state index in [4.69, 9.17) is 9.84 Å². The van der Waals surface area contributed by atoms with Gasteiger partial charge in [0.05, 0.1) is 12.5 Å². The number of carbonyl (C=O) groups is 2. The van der Waals surface area contributed by atoms with Crippen molar-refractivity contribution in [1.29, 1.82) is 0 Å². The molecular formula is C13H16FNO4. The first-order valence-electron chi connectivity index (χ1n) is 5.82. The second-order valence-electron chi connectivity index (χ2n) is 4.28. The lowest BCUT2D eigenvalue weighted by Gasteiger charge is -2.11. The van der Waals surface area contributed by atoms with Crippen LogP contribution in [0.3, 0.4) is 0 Å². The Hall–Kier alpha value is -2.11. The van der Waals surface area contributed by atoms with Gasteiger partial charge in [0, 0.05) is 0 Å². The van der Waals surface area contributed by atoms with Gasteiger partial charge in [-0.2, -0.15) is 0 Å². The van der Waals surface area contributed by atoms with Crippen LogP contribution in [0, 0.1) is 5.82 Å². The van der Waals surface area contributed by atoms with Gasteiger partial charge in [0.25, 0.3) is 0 Å². The first kappa shape index (κ1) is 14.9. The maximum absolute atomic E-state index is 13.6. The molecule has 0 radical (unpaired) electrons. The summed E-state index contributed by atoms with van der Waals surface area (Å²) >= 11 is 0. The molecule has 0 fully saturated rings. The number of hydrogen-bond acceptors (Lipinski definition) is 3. The lowest BCUT2D eigenvalue weighted by atomic mass is 10.1. The van der Waals surface area contributed by atoms with Crippen molar-refractivity contribution in [2.75, 3.05) is 6.54 Å². The Labute approximate surface area is 110 Å². The van der Waals surface area contributed by atoms with Crippen LogP contribution in [0.5, 0.6) is 5.75 Å². The van der Waals surface area contributed by atoms with Crippen molar-refractivity contribution < 1.29 is 23.8 Å². The fraction of sp³-hybridized carbons (Fsp3) is 0.385. The summed E-state index contributed by atoms with van der Waals surface area (Å²) in [5, 5.41) is 10.6. The first-order chi connectivity index (χ1) is 8.88. The molecule has 0 unspecified atom stereocenters. The Kier molecular flexibility index (Phi) is 5.29. The number of rotatable bonds is 6. The van der Waals surface area contributed by atoms with Crippen molar-refractivity contribution in [2.45, 2.75) is 26.4 Å². The average molecular weight is 269 g/mol. The molecule has 0 bridgehead atoms. The molecule has 5 nitrogen and oxygen atoms in total. The van der Waals surface area contributed by atoms with Gasteiger partial charge >= 0.3 is 5.97 Å². The van der Waals surface area contributed by atoms with E-state index in [1.54, 1.807) is 19.9 Å². The molecular weight excluding hydrogens is 253 g/mol. The molecule has 0 saturated carbocycles. The summed E-state index contributed by atoms with van der Waals surface area (Å²) in [5.41, 5.74) is 0.455. The molecule has 0 spiro atoms. The molecule has 1 aromatic rings. The van der Waals surface area contributed by atoms with Crippen LogP contribution in [0.1, 0.15) is 19.4 Å². The highest BCUT2D eigenvalue weighted by Crippen LogP contribution is 2.19. The molecule has 1 amide bonds. The van der Waals surface area contributed by atoms with E-state index in [9.17, 15) is 14.0 Å². The average Bonchev–Trinajstić information content (AvgIpc) is 2.29. The SMILES string of the molecule is CC(C)Oc1ccc(CC(=O)NCC(=O)O)cc1F. The summed E-state index contributed by atoms with van der Waals surface area (Å²) < 4.78 is 18.9. The smallest absolute Gasteiger partial charge is 0.322 e. The first-order valence-corrected chi connectivity index (χ1v) is 5.82. The number of ether oxygens (including phenoxy) is 1. The molecule has 19 heavy (non-hydrogen) atoms.